The molecule has 1 fully saturated rings. The van der Waals surface area contributed by atoms with Gasteiger partial charge in [-0.15, -0.1) is 12.6 Å². The molecular weight excluding hydrogens is 539 g/mol. The number of para-hydroxylation sites is 1. The van der Waals surface area contributed by atoms with Crippen molar-refractivity contribution in [3.8, 4) is 0 Å². The van der Waals surface area contributed by atoms with Crippen molar-refractivity contribution >= 4 is 41.7 Å². The average molecular weight is 586 g/mol. The van der Waals surface area contributed by atoms with E-state index in [4.69, 9.17) is 5.41 Å². The quantitative estimate of drug-likeness (QED) is 0.140. The highest BCUT2D eigenvalue weighted by molar-refractivity contribution is 8.12. The van der Waals surface area contributed by atoms with E-state index in [-0.39, 0.29) is 0 Å². The lowest BCUT2D eigenvalue weighted by atomic mass is 10.0. The smallest absolute Gasteiger partial charge is 0.0476 e. The zero-order valence-electron chi connectivity index (χ0n) is 25.2. The van der Waals surface area contributed by atoms with Gasteiger partial charge in [0.05, 0.1) is 0 Å². The standard InChI is InChI=1S/C21H23NS2.C14H21N.CH3N/c1-5-19(22-20-13-8-7-10-15(20)3)16(4)24-21(6-2)17-11-9-12-18(23)14-17;1-2-15-12-8-4-7-11-14(15)13-9-5-3-6-10-13;1-2/h5-14,22-23H,4H2,1-3H3;3,5-6,9-10,14H,2,4,7-8,11-12H2,1H3;2H,1H2/b19-5-,21-6-;;. The number of nitrogens with one attached hydrogen (secondary N) is 2. The summed E-state index contributed by atoms with van der Waals surface area (Å²) in [6.07, 6.45) is 9.66. The third-order valence-electron chi connectivity index (χ3n) is 7.08. The van der Waals surface area contributed by atoms with Gasteiger partial charge in [0.15, 0.2) is 0 Å². The Morgan fingerprint density at radius 3 is 2.32 bits per heavy atom. The summed E-state index contributed by atoms with van der Waals surface area (Å²) in [7, 11) is 0. The molecule has 3 nitrogen and oxygen atoms in total. The second-order valence-electron chi connectivity index (χ2n) is 9.78. The molecule has 1 atom stereocenters. The molecule has 1 heterocycles. The van der Waals surface area contributed by atoms with Crippen LogP contribution in [-0.2, 0) is 0 Å². The summed E-state index contributed by atoms with van der Waals surface area (Å²) >= 11 is 6.10. The Morgan fingerprint density at radius 1 is 0.976 bits per heavy atom. The fraction of sp³-hybridized carbons (Fsp3) is 0.306. The van der Waals surface area contributed by atoms with E-state index in [1.54, 1.807) is 11.8 Å². The summed E-state index contributed by atoms with van der Waals surface area (Å²) < 4.78 is 0. The zero-order valence-corrected chi connectivity index (χ0v) is 26.9. The number of aryl methyl sites for hydroxylation is 1. The third kappa shape index (κ3) is 11.1. The van der Waals surface area contributed by atoms with Gasteiger partial charge in [0.2, 0.25) is 0 Å². The van der Waals surface area contributed by atoms with Gasteiger partial charge in [0, 0.05) is 32.1 Å². The number of allylic oxidation sites excluding steroid dienone is 2. The van der Waals surface area contributed by atoms with Crippen molar-refractivity contribution in [3.63, 3.8) is 0 Å². The van der Waals surface area contributed by atoms with Crippen molar-refractivity contribution in [2.24, 2.45) is 0 Å². The van der Waals surface area contributed by atoms with Crippen molar-refractivity contribution in [1.82, 2.24) is 4.90 Å². The van der Waals surface area contributed by atoms with Crippen LogP contribution in [0.3, 0.4) is 0 Å². The van der Waals surface area contributed by atoms with Gasteiger partial charge in [-0.05, 0) is 88.3 Å². The first kappa shape index (κ1) is 34.2. The number of benzene rings is 3. The highest BCUT2D eigenvalue weighted by atomic mass is 32.2. The van der Waals surface area contributed by atoms with E-state index < -0.39 is 0 Å². The predicted octanol–water partition coefficient (Wildman–Crippen LogP) is 10.8. The van der Waals surface area contributed by atoms with E-state index in [0.717, 1.165) is 26.7 Å². The minimum absolute atomic E-state index is 0.665. The Labute approximate surface area is 258 Å². The molecule has 1 unspecified atom stereocenters. The molecule has 0 radical (unpaired) electrons. The number of thiol groups is 1. The van der Waals surface area contributed by atoms with Crippen molar-refractivity contribution in [3.05, 3.63) is 125 Å². The number of hydrogen-bond donors (Lipinski definition) is 3. The van der Waals surface area contributed by atoms with Gasteiger partial charge in [0.25, 0.3) is 0 Å². The number of nitrogens with zero attached hydrogens (tertiary/aromatic N) is 1. The Balaban J connectivity index is 0.000000296. The monoisotopic (exact) mass is 585 g/mol. The molecule has 0 amide bonds. The number of rotatable bonds is 8. The van der Waals surface area contributed by atoms with Crippen LogP contribution in [0.15, 0.2) is 113 Å². The van der Waals surface area contributed by atoms with E-state index in [0.29, 0.717) is 6.04 Å². The molecule has 0 aliphatic carbocycles. The first-order chi connectivity index (χ1) is 20.0. The molecule has 218 valence electrons. The fourth-order valence-corrected chi connectivity index (χ4v) is 6.02. The minimum atomic E-state index is 0.665. The van der Waals surface area contributed by atoms with Gasteiger partial charge in [-0.25, -0.2) is 0 Å². The Kier molecular flexibility index (Phi) is 16.0. The van der Waals surface area contributed by atoms with Crippen molar-refractivity contribution < 1.29 is 0 Å². The van der Waals surface area contributed by atoms with Crippen LogP contribution in [0.25, 0.3) is 4.91 Å². The number of anilines is 1. The van der Waals surface area contributed by atoms with Crippen LogP contribution < -0.4 is 5.32 Å². The van der Waals surface area contributed by atoms with Crippen molar-refractivity contribution in [1.29, 1.82) is 5.41 Å². The molecule has 2 N–H and O–H groups in total. The van der Waals surface area contributed by atoms with Crippen LogP contribution in [0.5, 0.6) is 0 Å². The lowest BCUT2D eigenvalue weighted by Gasteiger charge is -2.29. The maximum atomic E-state index is 5.50. The molecule has 1 aliphatic rings. The van der Waals surface area contributed by atoms with E-state index in [1.165, 1.54) is 54.8 Å². The topological polar surface area (TPSA) is 39.1 Å². The number of likely N-dealkylation sites (tertiary alicyclic amines) is 1. The fourth-order valence-electron chi connectivity index (χ4n) is 4.89. The van der Waals surface area contributed by atoms with Crippen LogP contribution >= 0.6 is 24.4 Å². The van der Waals surface area contributed by atoms with Gasteiger partial charge >= 0.3 is 0 Å². The van der Waals surface area contributed by atoms with Crippen molar-refractivity contribution in [2.45, 2.75) is 64.3 Å². The largest absolute Gasteiger partial charge is 0.355 e. The maximum Gasteiger partial charge on any atom is 0.0476 e. The van der Waals surface area contributed by atoms with Crippen LogP contribution in [0.1, 0.15) is 69.2 Å². The lowest BCUT2D eigenvalue weighted by Crippen LogP contribution is -2.28. The highest BCUT2D eigenvalue weighted by Gasteiger charge is 2.20. The maximum absolute atomic E-state index is 5.50. The Hall–Kier alpha value is -2.99. The molecule has 3 aromatic carbocycles. The second-order valence-corrected chi connectivity index (χ2v) is 11.4. The van der Waals surface area contributed by atoms with Crippen LogP contribution in [0.2, 0.25) is 0 Å². The molecule has 0 aromatic heterocycles. The van der Waals surface area contributed by atoms with Crippen molar-refractivity contribution in [2.75, 3.05) is 18.4 Å². The second kappa shape index (κ2) is 19.2. The molecule has 0 saturated carbocycles. The molecule has 5 heteroatoms. The lowest BCUT2D eigenvalue weighted by molar-refractivity contribution is 0.212. The molecule has 1 aliphatic heterocycles. The Bertz CT molecular complexity index is 1270. The minimum Gasteiger partial charge on any atom is -0.355 e. The summed E-state index contributed by atoms with van der Waals surface area (Å²) in [5.41, 5.74) is 6.00. The van der Waals surface area contributed by atoms with Crippen LogP contribution in [0, 0.1) is 12.3 Å². The van der Waals surface area contributed by atoms with Crippen LogP contribution in [-0.4, -0.2) is 24.7 Å². The number of hydrogen-bond acceptors (Lipinski definition) is 5. The molecule has 4 rings (SSSR count). The van der Waals surface area contributed by atoms with Gasteiger partial charge in [-0.1, -0.05) is 111 Å². The molecule has 1 saturated heterocycles. The average Bonchev–Trinajstić information content (AvgIpc) is 3.27. The normalized spacial score (nSPS) is 15.9. The van der Waals surface area contributed by atoms with E-state index in [9.17, 15) is 0 Å². The highest BCUT2D eigenvalue weighted by Crippen LogP contribution is 2.37. The summed E-state index contributed by atoms with van der Waals surface area (Å²) in [6.45, 7) is 17.7. The van der Waals surface area contributed by atoms with E-state index >= 15 is 0 Å². The molecule has 0 bridgehead atoms. The van der Waals surface area contributed by atoms with Gasteiger partial charge in [-0.3, -0.25) is 4.90 Å². The Morgan fingerprint density at radius 2 is 1.68 bits per heavy atom. The summed E-state index contributed by atoms with van der Waals surface area (Å²) in [5.74, 6) is 0. The predicted molar refractivity (Wildman–Crippen MR) is 187 cm³/mol. The van der Waals surface area contributed by atoms with Crippen LogP contribution in [0.4, 0.5) is 5.69 Å². The van der Waals surface area contributed by atoms with Gasteiger partial charge in [0.1, 0.15) is 0 Å². The first-order valence-corrected chi connectivity index (χ1v) is 15.7. The molecule has 41 heavy (non-hydrogen) atoms. The summed E-state index contributed by atoms with van der Waals surface area (Å²) in [4.78, 5) is 5.74. The molecular formula is C36H47N3S2. The molecule has 0 spiro atoms. The van der Waals surface area contributed by atoms with Gasteiger partial charge < -0.3 is 10.7 Å². The zero-order chi connectivity index (χ0) is 30.0. The SMILES string of the molecule is C=C(S/C(=C\C)c1cccc(S)c1)/C(=C/C)Nc1ccccc1C.C=N.CCN1CCCCCC1c1ccccc1. The van der Waals surface area contributed by atoms with E-state index in [1.807, 2.05) is 38.1 Å². The third-order valence-corrected chi connectivity index (χ3v) is 8.52. The summed E-state index contributed by atoms with van der Waals surface area (Å²) in [5, 5.41) is 8.99. The first-order valence-electron chi connectivity index (χ1n) is 14.4. The molecule has 3 aromatic rings. The summed E-state index contributed by atoms with van der Waals surface area (Å²) in [6, 6.07) is 28.1. The van der Waals surface area contributed by atoms with E-state index in [2.05, 4.69) is 117 Å². The number of thioether (sulfide) groups is 1. The van der Waals surface area contributed by atoms with Gasteiger partial charge in [-0.2, -0.15) is 0 Å².